The smallest absolute Gasteiger partial charge is 0.326 e. The molecule has 0 rings (SSSR count). The van der Waals surface area contributed by atoms with Crippen molar-refractivity contribution < 1.29 is 24.3 Å². The third-order valence-electron chi connectivity index (χ3n) is 4.37. The lowest BCUT2D eigenvalue weighted by Crippen LogP contribution is -2.59. The lowest BCUT2D eigenvalue weighted by Gasteiger charge is -2.27. The molecule has 0 aromatic rings. The van der Waals surface area contributed by atoms with Crippen molar-refractivity contribution in [2.75, 3.05) is 23.5 Å². The third kappa shape index (κ3) is 9.96. The molecule has 9 nitrogen and oxygen atoms in total. The Balaban J connectivity index is 5.25. The quantitative estimate of drug-likeness (QED) is 0.170. The third-order valence-corrected chi connectivity index (χ3v) is 5.77. The van der Waals surface area contributed by atoms with Crippen molar-refractivity contribution in [3.05, 3.63) is 0 Å². The van der Waals surface area contributed by atoms with Gasteiger partial charge in [0.1, 0.15) is 18.1 Å². The predicted octanol–water partition coefficient (Wildman–Crippen LogP) is -0.488. The van der Waals surface area contributed by atoms with Gasteiger partial charge in [-0.1, -0.05) is 20.3 Å². The van der Waals surface area contributed by atoms with Gasteiger partial charge in [-0.3, -0.25) is 14.4 Å². The van der Waals surface area contributed by atoms with Crippen LogP contribution in [0.2, 0.25) is 0 Å². The number of carbonyl (C=O) groups excluding carboxylic acids is 3. The second-order valence-corrected chi connectivity index (χ2v) is 8.30. The van der Waals surface area contributed by atoms with Crippen LogP contribution < -0.4 is 21.7 Å². The first-order chi connectivity index (χ1) is 13.6. The monoisotopic (exact) mass is 468 g/mol. The number of hydrogen-bond donors (Lipinski definition) is 7. The summed E-state index contributed by atoms with van der Waals surface area (Å²) >= 11 is 9.50. The number of thiol groups is 2. The molecule has 29 heavy (non-hydrogen) atoms. The highest BCUT2D eigenvalue weighted by Gasteiger charge is 2.32. The molecule has 0 aromatic heterocycles. The van der Waals surface area contributed by atoms with E-state index in [1.807, 2.05) is 13.2 Å². The number of amides is 3. The zero-order chi connectivity index (χ0) is 22.6. The summed E-state index contributed by atoms with van der Waals surface area (Å²) in [6, 6.07) is -3.88. The van der Waals surface area contributed by atoms with Crippen LogP contribution in [0.15, 0.2) is 0 Å². The maximum Gasteiger partial charge on any atom is 0.326 e. The number of aliphatic carboxylic acids is 1. The summed E-state index contributed by atoms with van der Waals surface area (Å²) in [4.78, 5) is 48.7. The highest BCUT2D eigenvalue weighted by atomic mass is 32.2. The molecule has 0 aliphatic carbocycles. The molecule has 0 heterocycles. The lowest BCUT2D eigenvalue weighted by molar-refractivity contribution is -0.142. The first-order valence-corrected chi connectivity index (χ1v) is 11.9. The van der Waals surface area contributed by atoms with E-state index in [0.29, 0.717) is 12.2 Å². The van der Waals surface area contributed by atoms with E-state index in [2.05, 4.69) is 41.2 Å². The SMILES string of the molecule is CCC(C)C(NC(=O)C(CS)NC(=O)C(N)CS)C(=O)NC(CCSC)C(=O)O. The minimum Gasteiger partial charge on any atom is -0.480 e. The second-order valence-electron chi connectivity index (χ2n) is 6.59. The molecule has 0 aliphatic heterocycles. The molecule has 5 atom stereocenters. The van der Waals surface area contributed by atoms with Crippen molar-refractivity contribution in [1.29, 1.82) is 0 Å². The van der Waals surface area contributed by atoms with Gasteiger partial charge in [0, 0.05) is 11.5 Å². The summed E-state index contributed by atoms with van der Waals surface area (Å²) in [6.07, 6.45) is 2.68. The summed E-state index contributed by atoms with van der Waals surface area (Å²) in [5, 5.41) is 16.9. The zero-order valence-electron chi connectivity index (χ0n) is 16.9. The van der Waals surface area contributed by atoms with Crippen molar-refractivity contribution in [3.8, 4) is 0 Å². The fraction of sp³-hybridized carbons (Fsp3) is 0.765. The van der Waals surface area contributed by atoms with E-state index < -0.39 is 47.9 Å². The largest absolute Gasteiger partial charge is 0.480 e. The van der Waals surface area contributed by atoms with Crippen LogP contribution in [0.5, 0.6) is 0 Å². The number of rotatable bonds is 14. The maximum absolute atomic E-state index is 12.7. The van der Waals surface area contributed by atoms with Gasteiger partial charge in [-0.2, -0.15) is 37.0 Å². The summed E-state index contributed by atoms with van der Waals surface area (Å²) in [6.45, 7) is 3.62. The molecule has 0 fully saturated rings. The van der Waals surface area contributed by atoms with Gasteiger partial charge < -0.3 is 26.8 Å². The Labute approximate surface area is 186 Å². The number of carboxylic acids is 1. The van der Waals surface area contributed by atoms with E-state index in [0.717, 1.165) is 0 Å². The summed E-state index contributed by atoms with van der Waals surface area (Å²) in [5.74, 6) is -2.46. The average Bonchev–Trinajstić information content (AvgIpc) is 2.70. The van der Waals surface area contributed by atoms with Crippen LogP contribution >= 0.6 is 37.0 Å². The first kappa shape index (κ1) is 27.9. The highest BCUT2D eigenvalue weighted by Crippen LogP contribution is 2.10. The Morgan fingerprint density at radius 3 is 2.03 bits per heavy atom. The van der Waals surface area contributed by atoms with Crippen LogP contribution in [0.25, 0.3) is 0 Å². The molecule has 168 valence electrons. The Hall–Kier alpha value is -1.11. The Kier molecular flexibility index (Phi) is 14.2. The van der Waals surface area contributed by atoms with E-state index in [1.54, 1.807) is 6.92 Å². The summed E-state index contributed by atoms with van der Waals surface area (Å²) in [7, 11) is 0. The first-order valence-electron chi connectivity index (χ1n) is 9.22. The maximum atomic E-state index is 12.7. The number of nitrogens with one attached hydrogen (secondary N) is 3. The minimum absolute atomic E-state index is 0.00279. The van der Waals surface area contributed by atoms with Crippen molar-refractivity contribution in [3.63, 3.8) is 0 Å². The normalized spacial score (nSPS) is 16.1. The van der Waals surface area contributed by atoms with Crippen LogP contribution in [-0.2, 0) is 19.2 Å². The van der Waals surface area contributed by atoms with Gasteiger partial charge in [0.2, 0.25) is 17.7 Å². The summed E-state index contributed by atoms with van der Waals surface area (Å²) in [5.41, 5.74) is 5.60. The molecule has 0 spiro atoms. The molecule has 0 radical (unpaired) electrons. The fourth-order valence-electron chi connectivity index (χ4n) is 2.27. The van der Waals surface area contributed by atoms with Gasteiger partial charge in [0.05, 0.1) is 6.04 Å². The van der Waals surface area contributed by atoms with Crippen LogP contribution in [0.1, 0.15) is 26.7 Å². The molecule has 0 aliphatic rings. The molecule has 0 saturated carbocycles. The van der Waals surface area contributed by atoms with Gasteiger partial charge in [-0.25, -0.2) is 4.79 Å². The molecular formula is C17H32N4O5S3. The Bertz CT molecular complexity index is 567. The molecular weight excluding hydrogens is 436 g/mol. The number of carbonyl (C=O) groups is 4. The topological polar surface area (TPSA) is 151 Å². The summed E-state index contributed by atoms with van der Waals surface area (Å²) < 4.78 is 0. The van der Waals surface area contributed by atoms with E-state index >= 15 is 0 Å². The standard InChI is InChI=1S/C17H32N4O5S3/c1-4-9(2)13(16(24)19-11(17(25)26)5-6-29-3)21-15(23)12(8-28)20-14(22)10(18)7-27/h9-13,27-28H,4-8,18H2,1-3H3,(H,19,24)(H,20,22)(H,21,23)(H,25,26). The molecule has 12 heteroatoms. The molecule has 6 N–H and O–H groups in total. The van der Waals surface area contributed by atoms with Gasteiger partial charge in [-0.05, 0) is 24.3 Å². The van der Waals surface area contributed by atoms with Gasteiger partial charge in [-0.15, -0.1) is 0 Å². The van der Waals surface area contributed by atoms with Crippen LogP contribution in [-0.4, -0.2) is 76.5 Å². The number of thioether (sulfide) groups is 1. The molecule has 0 aromatic carbocycles. The van der Waals surface area contributed by atoms with Gasteiger partial charge in [0.25, 0.3) is 0 Å². The number of carboxylic acid groups (broad SMARTS) is 1. The molecule has 3 amide bonds. The predicted molar refractivity (Wildman–Crippen MR) is 122 cm³/mol. The van der Waals surface area contributed by atoms with Gasteiger partial charge >= 0.3 is 5.97 Å². The average molecular weight is 469 g/mol. The molecule has 0 saturated heterocycles. The van der Waals surface area contributed by atoms with Crippen molar-refractivity contribution in [2.24, 2.45) is 11.7 Å². The van der Waals surface area contributed by atoms with E-state index in [4.69, 9.17) is 5.73 Å². The van der Waals surface area contributed by atoms with Crippen molar-refractivity contribution >= 4 is 60.7 Å². The zero-order valence-corrected chi connectivity index (χ0v) is 19.5. The van der Waals surface area contributed by atoms with E-state index in [-0.39, 0.29) is 23.8 Å². The Morgan fingerprint density at radius 1 is 1.00 bits per heavy atom. The van der Waals surface area contributed by atoms with E-state index in [1.165, 1.54) is 11.8 Å². The van der Waals surface area contributed by atoms with Crippen LogP contribution in [0.4, 0.5) is 0 Å². The number of hydrogen-bond acceptors (Lipinski definition) is 8. The second kappa shape index (κ2) is 14.8. The fourth-order valence-corrected chi connectivity index (χ4v) is 3.16. The molecule has 5 unspecified atom stereocenters. The highest BCUT2D eigenvalue weighted by molar-refractivity contribution is 7.98. The van der Waals surface area contributed by atoms with Crippen LogP contribution in [0, 0.1) is 5.92 Å². The molecule has 0 bridgehead atoms. The number of nitrogens with two attached hydrogens (primary N) is 1. The van der Waals surface area contributed by atoms with Crippen molar-refractivity contribution in [2.45, 2.75) is 50.9 Å². The van der Waals surface area contributed by atoms with Gasteiger partial charge in [0.15, 0.2) is 0 Å². The van der Waals surface area contributed by atoms with Crippen LogP contribution in [0.3, 0.4) is 0 Å². The van der Waals surface area contributed by atoms with Crippen molar-refractivity contribution in [1.82, 2.24) is 16.0 Å². The van der Waals surface area contributed by atoms with E-state index in [9.17, 15) is 24.3 Å². The Morgan fingerprint density at radius 2 is 1.59 bits per heavy atom. The lowest BCUT2D eigenvalue weighted by atomic mass is 9.97. The minimum atomic E-state index is -1.14.